The van der Waals surface area contributed by atoms with Crippen LogP contribution in [0.3, 0.4) is 0 Å². The van der Waals surface area contributed by atoms with Gasteiger partial charge in [0.25, 0.3) is 10.1 Å². The molecule has 5 nitrogen and oxygen atoms in total. The molecule has 0 aliphatic heterocycles. The molecule has 0 atom stereocenters. The second-order valence-electron chi connectivity index (χ2n) is 2.78. The number of aryl methyl sites for hydroxylation is 1. The summed E-state index contributed by atoms with van der Waals surface area (Å²) in [6, 6.07) is 0. The van der Waals surface area contributed by atoms with Gasteiger partial charge in [0.1, 0.15) is 5.82 Å². The van der Waals surface area contributed by atoms with Crippen molar-refractivity contribution in [2.24, 2.45) is 0 Å². The topological polar surface area (TPSA) is 83.1 Å². The molecule has 0 spiro atoms. The lowest BCUT2D eigenvalue weighted by Gasteiger charge is -1.96. The molecule has 1 heterocycles. The van der Waals surface area contributed by atoms with Gasteiger partial charge in [-0.1, -0.05) is 0 Å². The SMILES string of the molecule is Br.O=S(=O)(O)CCCCc1ncc[nH]1. The minimum absolute atomic E-state index is 0. The van der Waals surface area contributed by atoms with Crippen molar-refractivity contribution in [1.29, 1.82) is 0 Å². The highest BCUT2D eigenvalue weighted by Crippen LogP contribution is 2.00. The summed E-state index contributed by atoms with van der Waals surface area (Å²) in [7, 11) is -3.80. The molecule has 0 amide bonds. The average molecular weight is 285 g/mol. The van der Waals surface area contributed by atoms with Gasteiger partial charge in [-0.05, 0) is 12.8 Å². The fourth-order valence-corrected chi connectivity index (χ4v) is 1.58. The van der Waals surface area contributed by atoms with E-state index in [0.29, 0.717) is 19.3 Å². The third-order valence-electron chi connectivity index (χ3n) is 1.62. The Morgan fingerprint density at radius 1 is 1.43 bits per heavy atom. The van der Waals surface area contributed by atoms with Crippen LogP contribution < -0.4 is 0 Å². The molecule has 0 aliphatic carbocycles. The van der Waals surface area contributed by atoms with Crippen molar-refractivity contribution in [3.63, 3.8) is 0 Å². The predicted molar refractivity (Wildman–Crippen MR) is 58.3 cm³/mol. The standard InChI is InChI=1S/C7H12N2O3S.BrH/c10-13(11,12)6-2-1-3-7-8-4-5-9-7;/h4-5H,1-3,6H2,(H,8,9)(H,10,11,12);1H. The minimum atomic E-state index is -3.80. The van der Waals surface area contributed by atoms with E-state index in [2.05, 4.69) is 9.97 Å². The Morgan fingerprint density at radius 3 is 2.64 bits per heavy atom. The molecule has 0 radical (unpaired) electrons. The van der Waals surface area contributed by atoms with E-state index in [1.54, 1.807) is 12.4 Å². The average Bonchev–Trinajstić information content (AvgIpc) is 2.48. The van der Waals surface area contributed by atoms with Crippen molar-refractivity contribution in [3.05, 3.63) is 18.2 Å². The number of rotatable bonds is 5. The van der Waals surface area contributed by atoms with Crippen LogP contribution in [-0.4, -0.2) is 28.7 Å². The molecule has 0 bridgehead atoms. The van der Waals surface area contributed by atoms with Crippen molar-refractivity contribution in [3.8, 4) is 0 Å². The molecule has 82 valence electrons. The Balaban J connectivity index is 0.00000169. The number of imidazole rings is 1. The summed E-state index contributed by atoms with van der Waals surface area (Å²) in [4.78, 5) is 6.89. The summed E-state index contributed by atoms with van der Waals surface area (Å²) in [5.74, 6) is 0.670. The van der Waals surface area contributed by atoms with E-state index in [0.717, 1.165) is 5.82 Å². The summed E-state index contributed by atoms with van der Waals surface area (Å²) in [5, 5.41) is 0. The number of halogens is 1. The lowest BCUT2D eigenvalue weighted by atomic mass is 10.2. The Hall–Kier alpha value is -0.400. The van der Waals surface area contributed by atoms with Crippen molar-refractivity contribution < 1.29 is 13.0 Å². The maximum absolute atomic E-state index is 10.3. The normalized spacial score (nSPS) is 10.9. The van der Waals surface area contributed by atoms with Crippen molar-refractivity contribution in [2.75, 3.05) is 5.75 Å². The Morgan fingerprint density at radius 2 is 2.14 bits per heavy atom. The van der Waals surface area contributed by atoms with Gasteiger partial charge in [-0.15, -0.1) is 17.0 Å². The maximum Gasteiger partial charge on any atom is 0.264 e. The van der Waals surface area contributed by atoms with Crippen LogP contribution in [0.5, 0.6) is 0 Å². The lowest BCUT2D eigenvalue weighted by molar-refractivity contribution is 0.480. The minimum Gasteiger partial charge on any atom is -0.349 e. The van der Waals surface area contributed by atoms with Gasteiger partial charge in [-0.3, -0.25) is 4.55 Å². The van der Waals surface area contributed by atoms with E-state index >= 15 is 0 Å². The molecule has 7 heteroatoms. The van der Waals surface area contributed by atoms with Crippen LogP contribution in [0, 0.1) is 0 Å². The third kappa shape index (κ3) is 6.11. The van der Waals surface area contributed by atoms with E-state index < -0.39 is 10.1 Å². The molecule has 0 saturated heterocycles. The van der Waals surface area contributed by atoms with Crippen molar-refractivity contribution in [1.82, 2.24) is 9.97 Å². The zero-order valence-electron chi connectivity index (χ0n) is 7.51. The number of hydrogen-bond acceptors (Lipinski definition) is 3. The van der Waals surface area contributed by atoms with Crippen molar-refractivity contribution >= 4 is 27.1 Å². The highest BCUT2D eigenvalue weighted by molar-refractivity contribution is 8.93. The zero-order valence-corrected chi connectivity index (χ0v) is 10.0. The van der Waals surface area contributed by atoms with Gasteiger partial charge in [-0.25, -0.2) is 4.98 Å². The molecule has 0 fully saturated rings. The first-order chi connectivity index (χ1) is 6.08. The van der Waals surface area contributed by atoms with Gasteiger partial charge in [0.2, 0.25) is 0 Å². The van der Waals surface area contributed by atoms with Gasteiger partial charge in [0.05, 0.1) is 5.75 Å². The highest BCUT2D eigenvalue weighted by Gasteiger charge is 2.03. The first-order valence-electron chi connectivity index (χ1n) is 4.01. The number of unbranched alkanes of at least 4 members (excludes halogenated alkanes) is 1. The van der Waals surface area contributed by atoms with Gasteiger partial charge in [0.15, 0.2) is 0 Å². The van der Waals surface area contributed by atoms with Crippen LogP contribution in [0.15, 0.2) is 12.4 Å². The fraction of sp³-hybridized carbons (Fsp3) is 0.571. The van der Waals surface area contributed by atoms with Gasteiger partial charge in [0, 0.05) is 18.8 Å². The molecule has 2 N–H and O–H groups in total. The fourth-order valence-electron chi connectivity index (χ4n) is 1.01. The molecule has 0 aromatic carbocycles. The number of nitrogens with one attached hydrogen (secondary N) is 1. The second-order valence-corrected chi connectivity index (χ2v) is 4.35. The van der Waals surface area contributed by atoms with Crippen LogP contribution in [0.25, 0.3) is 0 Å². The Kier molecular flexibility index (Phi) is 5.98. The number of H-pyrrole nitrogens is 1. The van der Waals surface area contributed by atoms with E-state index in [1.807, 2.05) is 0 Å². The number of aromatic nitrogens is 2. The van der Waals surface area contributed by atoms with Crippen LogP contribution in [0.4, 0.5) is 0 Å². The summed E-state index contributed by atoms with van der Waals surface area (Å²) in [6.45, 7) is 0. The first kappa shape index (κ1) is 13.6. The highest BCUT2D eigenvalue weighted by atomic mass is 79.9. The van der Waals surface area contributed by atoms with Crippen molar-refractivity contribution in [2.45, 2.75) is 19.3 Å². The largest absolute Gasteiger partial charge is 0.349 e. The molecule has 1 rings (SSSR count). The van der Waals surface area contributed by atoms with E-state index in [4.69, 9.17) is 4.55 Å². The van der Waals surface area contributed by atoms with Gasteiger partial charge >= 0.3 is 0 Å². The molecule has 0 unspecified atom stereocenters. The van der Waals surface area contributed by atoms with Crippen LogP contribution in [0.1, 0.15) is 18.7 Å². The smallest absolute Gasteiger partial charge is 0.264 e. The zero-order chi connectivity index (χ0) is 9.73. The number of nitrogens with zero attached hydrogens (tertiary/aromatic N) is 1. The maximum atomic E-state index is 10.3. The molecule has 0 saturated carbocycles. The molecule has 0 aliphatic rings. The summed E-state index contributed by atoms with van der Waals surface area (Å²) in [5.41, 5.74) is 0. The Bertz CT molecular complexity index is 336. The predicted octanol–water partition coefficient (Wildman–Crippen LogP) is 1.20. The van der Waals surface area contributed by atoms with E-state index in [1.165, 1.54) is 0 Å². The number of hydrogen-bond donors (Lipinski definition) is 2. The van der Waals surface area contributed by atoms with Gasteiger partial charge < -0.3 is 4.98 Å². The lowest BCUT2D eigenvalue weighted by Crippen LogP contribution is -2.04. The second kappa shape index (κ2) is 6.15. The summed E-state index contributed by atoms with van der Waals surface area (Å²) >= 11 is 0. The van der Waals surface area contributed by atoms with Gasteiger partial charge in [-0.2, -0.15) is 8.42 Å². The quantitative estimate of drug-likeness (QED) is 0.629. The number of aromatic amines is 1. The van der Waals surface area contributed by atoms with E-state index in [9.17, 15) is 8.42 Å². The summed E-state index contributed by atoms with van der Waals surface area (Å²) < 4.78 is 29.1. The third-order valence-corrected chi connectivity index (χ3v) is 2.43. The van der Waals surface area contributed by atoms with Crippen LogP contribution in [0.2, 0.25) is 0 Å². The van der Waals surface area contributed by atoms with E-state index in [-0.39, 0.29) is 22.7 Å². The molecule has 14 heavy (non-hydrogen) atoms. The molecule has 1 aromatic rings. The first-order valence-corrected chi connectivity index (χ1v) is 5.62. The van der Waals surface area contributed by atoms with Crippen LogP contribution in [-0.2, 0) is 16.5 Å². The molecular formula is C7H13BrN2O3S. The Labute approximate surface area is 93.5 Å². The molecule has 1 aromatic heterocycles. The summed E-state index contributed by atoms with van der Waals surface area (Å²) in [6.07, 6.45) is 5.24. The van der Waals surface area contributed by atoms with Crippen LogP contribution >= 0.6 is 17.0 Å². The monoisotopic (exact) mass is 284 g/mol. The molecular weight excluding hydrogens is 272 g/mol.